The number of piperidine rings is 1. The summed E-state index contributed by atoms with van der Waals surface area (Å²) in [5, 5.41) is 0. The van der Waals surface area contributed by atoms with E-state index in [0.29, 0.717) is 0 Å². The number of fused-ring (bicyclic) bond motifs is 1. The summed E-state index contributed by atoms with van der Waals surface area (Å²) in [4.78, 5) is 13.3. The van der Waals surface area contributed by atoms with Crippen LogP contribution in [0, 0.1) is 11.8 Å². The number of aldehydes is 1. The quantitative estimate of drug-likeness (QED) is 0.772. The summed E-state index contributed by atoms with van der Waals surface area (Å²) in [6.07, 6.45) is 8.09. The third-order valence-corrected chi connectivity index (χ3v) is 4.90. The van der Waals surface area contributed by atoms with E-state index in [9.17, 15) is 4.79 Å². The molecule has 0 amide bonds. The van der Waals surface area contributed by atoms with Crippen molar-refractivity contribution < 1.29 is 4.79 Å². The fourth-order valence-electron chi connectivity index (χ4n) is 3.78. The van der Waals surface area contributed by atoms with Gasteiger partial charge >= 0.3 is 0 Å². The van der Waals surface area contributed by atoms with Crippen LogP contribution in [0.15, 0.2) is 24.3 Å². The van der Waals surface area contributed by atoms with Gasteiger partial charge in [-0.1, -0.05) is 43.5 Å². The fourth-order valence-corrected chi connectivity index (χ4v) is 3.78. The van der Waals surface area contributed by atoms with Gasteiger partial charge in [0.2, 0.25) is 0 Å². The zero-order valence-corrected chi connectivity index (χ0v) is 11.6. The Morgan fingerprint density at radius 2 is 1.79 bits per heavy atom. The number of benzene rings is 1. The second-order valence-corrected chi connectivity index (χ2v) is 6.19. The first-order chi connectivity index (χ1) is 9.35. The third kappa shape index (κ3) is 3.06. The van der Waals surface area contributed by atoms with Gasteiger partial charge in [-0.05, 0) is 36.8 Å². The van der Waals surface area contributed by atoms with Gasteiger partial charge in [0.15, 0.2) is 0 Å². The Morgan fingerprint density at radius 1 is 1.05 bits per heavy atom. The standard InChI is InChI=1S/C17H23NO/c19-13-15-7-5-14(6-8-15)11-18-10-9-16-3-1-2-4-17(16)12-18/h5-8,13,16-17H,1-4,9-12H2. The molecule has 0 spiro atoms. The van der Waals surface area contributed by atoms with Crippen molar-refractivity contribution in [1.82, 2.24) is 4.90 Å². The van der Waals surface area contributed by atoms with E-state index in [1.807, 2.05) is 12.1 Å². The van der Waals surface area contributed by atoms with Gasteiger partial charge in [0, 0.05) is 18.7 Å². The molecule has 0 bridgehead atoms. The first kappa shape index (κ1) is 12.9. The Labute approximate surface area is 115 Å². The summed E-state index contributed by atoms with van der Waals surface area (Å²) < 4.78 is 0. The number of carbonyl (C=O) groups is 1. The number of rotatable bonds is 3. The van der Waals surface area contributed by atoms with Gasteiger partial charge in [-0.15, -0.1) is 0 Å². The molecular formula is C17H23NO. The molecule has 2 heteroatoms. The summed E-state index contributed by atoms with van der Waals surface area (Å²) in [6, 6.07) is 8.04. The van der Waals surface area contributed by atoms with Crippen LogP contribution < -0.4 is 0 Å². The summed E-state index contributed by atoms with van der Waals surface area (Å²) in [5.74, 6) is 1.94. The van der Waals surface area contributed by atoms with Crippen molar-refractivity contribution in [2.24, 2.45) is 11.8 Å². The van der Waals surface area contributed by atoms with Gasteiger partial charge in [-0.2, -0.15) is 0 Å². The van der Waals surface area contributed by atoms with Crippen LogP contribution in [0.2, 0.25) is 0 Å². The minimum atomic E-state index is 0.773. The topological polar surface area (TPSA) is 20.3 Å². The van der Waals surface area contributed by atoms with Crippen molar-refractivity contribution in [3.63, 3.8) is 0 Å². The van der Waals surface area contributed by atoms with Crippen LogP contribution in [-0.4, -0.2) is 24.3 Å². The van der Waals surface area contributed by atoms with Gasteiger partial charge < -0.3 is 0 Å². The largest absolute Gasteiger partial charge is 0.299 e. The highest BCUT2D eigenvalue weighted by Gasteiger charge is 2.30. The highest BCUT2D eigenvalue weighted by molar-refractivity contribution is 5.74. The summed E-state index contributed by atoms with van der Waals surface area (Å²) in [7, 11) is 0. The van der Waals surface area contributed by atoms with Crippen molar-refractivity contribution >= 4 is 6.29 Å². The molecule has 2 fully saturated rings. The Bertz CT molecular complexity index is 425. The molecule has 0 radical (unpaired) electrons. The number of likely N-dealkylation sites (tertiary alicyclic amines) is 1. The Balaban J connectivity index is 1.59. The number of hydrogen-bond donors (Lipinski definition) is 0. The van der Waals surface area contributed by atoms with Gasteiger partial charge in [-0.3, -0.25) is 9.69 Å². The first-order valence-electron chi connectivity index (χ1n) is 7.61. The normalized spacial score (nSPS) is 27.8. The molecule has 3 rings (SSSR count). The second kappa shape index (κ2) is 5.87. The molecule has 0 aromatic heterocycles. The van der Waals surface area contributed by atoms with Crippen molar-refractivity contribution in [2.45, 2.75) is 38.6 Å². The predicted octanol–water partition coefficient (Wildman–Crippen LogP) is 3.51. The van der Waals surface area contributed by atoms with Gasteiger partial charge in [0.05, 0.1) is 0 Å². The van der Waals surface area contributed by atoms with E-state index in [-0.39, 0.29) is 0 Å². The summed E-state index contributed by atoms with van der Waals surface area (Å²) in [5.41, 5.74) is 2.11. The van der Waals surface area contributed by atoms with Crippen LogP contribution in [0.5, 0.6) is 0 Å². The predicted molar refractivity (Wildman–Crippen MR) is 77.2 cm³/mol. The monoisotopic (exact) mass is 257 g/mol. The van der Waals surface area contributed by atoms with E-state index in [1.54, 1.807) is 0 Å². The van der Waals surface area contributed by atoms with Crippen molar-refractivity contribution in [1.29, 1.82) is 0 Å². The Morgan fingerprint density at radius 3 is 2.53 bits per heavy atom. The number of nitrogens with zero attached hydrogens (tertiary/aromatic N) is 1. The lowest BCUT2D eigenvalue weighted by molar-refractivity contribution is 0.0820. The highest BCUT2D eigenvalue weighted by atomic mass is 16.1. The van der Waals surface area contributed by atoms with Crippen LogP contribution in [-0.2, 0) is 6.54 Å². The molecule has 1 heterocycles. The molecule has 19 heavy (non-hydrogen) atoms. The molecule has 1 saturated heterocycles. The smallest absolute Gasteiger partial charge is 0.150 e. The van der Waals surface area contributed by atoms with E-state index in [1.165, 1.54) is 50.8 Å². The van der Waals surface area contributed by atoms with Crippen molar-refractivity contribution in [3.05, 3.63) is 35.4 Å². The summed E-state index contributed by atoms with van der Waals surface area (Å²) in [6.45, 7) is 3.57. The lowest BCUT2D eigenvalue weighted by Crippen LogP contribution is -2.41. The van der Waals surface area contributed by atoms with E-state index >= 15 is 0 Å². The molecule has 102 valence electrons. The molecular weight excluding hydrogens is 234 g/mol. The van der Waals surface area contributed by atoms with E-state index < -0.39 is 0 Å². The second-order valence-electron chi connectivity index (χ2n) is 6.19. The minimum absolute atomic E-state index is 0.773. The molecule has 2 atom stereocenters. The molecule has 2 nitrogen and oxygen atoms in total. The molecule has 0 N–H and O–H groups in total. The van der Waals surface area contributed by atoms with E-state index in [4.69, 9.17) is 0 Å². The zero-order valence-electron chi connectivity index (χ0n) is 11.6. The molecule has 2 aliphatic rings. The molecule has 1 aromatic carbocycles. The maximum absolute atomic E-state index is 10.7. The van der Waals surface area contributed by atoms with Crippen LogP contribution >= 0.6 is 0 Å². The zero-order chi connectivity index (χ0) is 13.1. The van der Waals surface area contributed by atoms with E-state index in [0.717, 1.165) is 30.2 Å². The summed E-state index contributed by atoms with van der Waals surface area (Å²) >= 11 is 0. The van der Waals surface area contributed by atoms with Crippen molar-refractivity contribution in [2.75, 3.05) is 13.1 Å². The third-order valence-electron chi connectivity index (χ3n) is 4.90. The van der Waals surface area contributed by atoms with Gasteiger partial charge in [0.1, 0.15) is 6.29 Å². The van der Waals surface area contributed by atoms with E-state index in [2.05, 4.69) is 17.0 Å². The average molecular weight is 257 g/mol. The van der Waals surface area contributed by atoms with Crippen LogP contribution in [0.1, 0.15) is 48.0 Å². The van der Waals surface area contributed by atoms with Crippen molar-refractivity contribution in [3.8, 4) is 0 Å². The lowest BCUT2D eigenvalue weighted by atomic mass is 9.75. The number of carbonyl (C=O) groups excluding carboxylic acids is 1. The minimum Gasteiger partial charge on any atom is -0.299 e. The SMILES string of the molecule is O=Cc1ccc(CN2CCC3CCCCC3C2)cc1. The average Bonchev–Trinajstić information content (AvgIpc) is 2.48. The van der Waals surface area contributed by atoms with Gasteiger partial charge in [0.25, 0.3) is 0 Å². The maximum Gasteiger partial charge on any atom is 0.150 e. The molecule has 2 unspecified atom stereocenters. The Kier molecular flexibility index (Phi) is 3.97. The fraction of sp³-hybridized carbons (Fsp3) is 0.588. The molecule has 1 aliphatic heterocycles. The molecule has 1 aliphatic carbocycles. The first-order valence-corrected chi connectivity index (χ1v) is 7.61. The Hall–Kier alpha value is -1.15. The maximum atomic E-state index is 10.7. The lowest BCUT2D eigenvalue weighted by Gasteiger charge is -2.41. The van der Waals surface area contributed by atoms with Crippen LogP contribution in [0.25, 0.3) is 0 Å². The van der Waals surface area contributed by atoms with Crippen LogP contribution in [0.3, 0.4) is 0 Å². The number of hydrogen-bond acceptors (Lipinski definition) is 2. The molecule has 1 aromatic rings. The highest BCUT2D eigenvalue weighted by Crippen LogP contribution is 2.36. The van der Waals surface area contributed by atoms with Gasteiger partial charge in [-0.25, -0.2) is 0 Å². The van der Waals surface area contributed by atoms with Crippen LogP contribution in [0.4, 0.5) is 0 Å². The molecule has 1 saturated carbocycles.